The summed E-state index contributed by atoms with van der Waals surface area (Å²) in [6.07, 6.45) is 0.861. The lowest BCUT2D eigenvalue weighted by molar-refractivity contribution is 0.768. The van der Waals surface area contributed by atoms with Gasteiger partial charge in [0.2, 0.25) is 11.7 Å². The first kappa shape index (κ1) is 31.7. The van der Waals surface area contributed by atoms with E-state index in [0.717, 1.165) is 67.5 Å². The molecule has 1 aliphatic rings. The van der Waals surface area contributed by atoms with E-state index in [1.165, 1.54) is 22.4 Å². The first-order valence-electron chi connectivity index (χ1n) is 19.3. The zero-order valence-corrected chi connectivity index (χ0v) is 30.7. The van der Waals surface area contributed by atoms with Crippen molar-refractivity contribution < 1.29 is 0 Å². The number of aromatic nitrogens is 7. The van der Waals surface area contributed by atoms with Crippen LogP contribution in [-0.4, -0.2) is 33.5 Å². The molecule has 1 aliphatic carbocycles. The maximum Gasteiger partial charge on any atom is 0.238 e. The van der Waals surface area contributed by atoms with Crippen LogP contribution in [0, 0.1) is 0 Å². The van der Waals surface area contributed by atoms with Gasteiger partial charge >= 0.3 is 0 Å². The van der Waals surface area contributed by atoms with Gasteiger partial charge in [0, 0.05) is 45.5 Å². The van der Waals surface area contributed by atoms with Gasteiger partial charge in [-0.05, 0) is 47.5 Å². The Bertz CT molecular complexity index is 3270. The Morgan fingerprint density at radius 2 is 1.05 bits per heavy atom. The van der Waals surface area contributed by atoms with Gasteiger partial charge in [-0.3, -0.25) is 13.5 Å². The fourth-order valence-corrected chi connectivity index (χ4v) is 8.97. The van der Waals surface area contributed by atoms with Crippen LogP contribution in [0.25, 0.3) is 84.3 Å². The SMILES string of the molecule is c1ccc(-c2nc(-c3ccccc3)nc(-n3c4ccccc4c4cc(-n5c6ccccc6n6c7c(nc56)-c5ccccc5C(c5ccccc5)C7)ccc43)n2)cc1. The third-order valence-electron chi connectivity index (χ3n) is 11.5. The molecule has 0 saturated carbocycles. The molecule has 0 bridgehead atoms. The molecule has 11 aromatic rings. The molecule has 268 valence electrons. The number of hydrogen-bond donors (Lipinski definition) is 0. The average molecular weight is 732 g/mol. The van der Waals surface area contributed by atoms with E-state index in [-0.39, 0.29) is 5.92 Å². The Balaban J connectivity index is 1.08. The van der Waals surface area contributed by atoms with Gasteiger partial charge in [0.15, 0.2) is 11.6 Å². The zero-order chi connectivity index (χ0) is 37.5. The maximum absolute atomic E-state index is 5.50. The molecule has 7 nitrogen and oxygen atoms in total. The predicted octanol–water partition coefficient (Wildman–Crippen LogP) is 11.2. The largest absolute Gasteiger partial charge is 0.280 e. The molecule has 4 aromatic heterocycles. The van der Waals surface area contributed by atoms with Gasteiger partial charge in [-0.1, -0.05) is 146 Å². The third-order valence-corrected chi connectivity index (χ3v) is 11.5. The first-order chi connectivity index (χ1) is 28.3. The topological polar surface area (TPSA) is 65.8 Å². The molecule has 0 N–H and O–H groups in total. The number of imidazole rings is 2. The van der Waals surface area contributed by atoms with Gasteiger partial charge in [-0.2, -0.15) is 9.97 Å². The summed E-state index contributed by atoms with van der Waals surface area (Å²) in [5.41, 5.74) is 13.3. The summed E-state index contributed by atoms with van der Waals surface area (Å²) in [5.74, 6) is 2.97. The van der Waals surface area contributed by atoms with E-state index in [1.54, 1.807) is 0 Å². The Hall–Kier alpha value is -7.64. The van der Waals surface area contributed by atoms with Crippen LogP contribution in [0.2, 0.25) is 0 Å². The van der Waals surface area contributed by atoms with Crippen molar-refractivity contribution in [1.29, 1.82) is 0 Å². The molecule has 57 heavy (non-hydrogen) atoms. The summed E-state index contributed by atoms with van der Waals surface area (Å²) in [6, 6.07) is 63.8. The van der Waals surface area contributed by atoms with Crippen molar-refractivity contribution in [3.63, 3.8) is 0 Å². The van der Waals surface area contributed by atoms with Gasteiger partial charge in [0.25, 0.3) is 0 Å². The normalized spacial score (nSPS) is 13.7. The summed E-state index contributed by atoms with van der Waals surface area (Å²) >= 11 is 0. The zero-order valence-electron chi connectivity index (χ0n) is 30.7. The highest BCUT2D eigenvalue weighted by atomic mass is 15.2. The summed E-state index contributed by atoms with van der Waals surface area (Å²) in [6.45, 7) is 0. The van der Waals surface area contributed by atoms with E-state index in [9.17, 15) is 0 Å². The molecule has 0 radical (unpaired) electrons. The van der Waals surface area contributed by atoms with E-state index in [1.807, 2.05) is 60.7 Å². The average Bonchev–Trinajstić information content (AvgIpc) is 3.94. The Labute approximate surface area is 327 Å². The quantitative estimate of drug-likeness (QED) is 0.177. The highest BCUT2D eigenvalue weighted by molar-refractivity contribution is 6.10. The van der Waals surface area contributed by atoms with Gasteiger partial charge in [0.05, 0.1) is 33.5 Å². The van der Waals surface area contributed by atoms with Crippen molar-refractivity contribution in [2.45, 2.75) is 12.3 Å². The molecule has 0 saturated heterocycles. The lowest BCUT2D eigenvalue weighted by atomic mass is 9.79. The van der Waals surface area contributed by atoms with Gasteiger partial charge < -0.3 is 0 Å². The summed E-state index contributed by atoms with van der Waals surface area (Å²) < 4.78 is 6.89. The second kappa shape index (κ2) is 12.4. The van der Waals surface area contributed by atoms with Crippen LogP contribution in [0.4, 0.5) is 0 Å². The number of benzene rings is 7. The Kier molecular flexibility index (Phi) is 6.92. The van der Waals surface area contributed by atoms with Crippen LogP contribution >= 0.6 is 0 Å². The van der Waals surface area contributed by atoms with Crippen molar-refractivity contribution in [1.82, 2.24) is 33.5 Å². The fourth-order valence-electron chi connectivity index (χ4n) is 8.97. The van der Waals surface area contributed by atoms with E-state index < -0.39 is 0 Å². The van der Waals surface area contributed by atoms with Crippen molar-refractivity contribution >= 4 is 38.6 Å². The van der Waals surface area contributed by atoms with Crippen molar-refractivity contribution in [2.24, 2.45) is 0 Å². The van der Waals surface area contributed by atoms with Crippen LogP contribution in [0.3, 0.4) is 0 Å². The summed E-state index contributed by atoms with van der Waals surface area (Å²) in [4.78, 5) is 20.7. The van der Waals surface area contributed by atoms with Crippen molar-refractivity contribution in [3.8, 4) is 45.7 Å². The van der Waals surface area contributed by atoms with Gasteiger partial charge in [0.1, 0.15) is 0 Å². The molecule has 0 spiro atoms. The molecule has 0 amide bonds. The Morgan fingerprint density at radius 3 is 1.79 bits per heavy atom. The highest BCUT2D eigenvalue weighted by Gasteiger charge is 2.32. The van der Waals surface area contributed by atoms with Crippen LogP contribution in [-0.2, 0) is 6.42 Å². The molecule has 0 fully saturated rings. The van der Waals surface area contributed by atoms with Crippen LogP contribution in [0.1, 0.15) is 22.7 Å². The van der Waals surface area contributed by atoms with Crippen molar-refractivity contribution in [2.75, 3.05) is 0 Å². The lowest BCUT2D eigenvalue weighted by Gasteiger charge is -2.25. The smallest absolute Gasteiger partial charge is 0.238 e. The first-order valence-corrected chi connectivity index (χ1v) is 19.3. The van der Waals surface area contributed by atoms with E-state index in [2.05, 4.69) is 135 Å². The van der Waals surface area contributed by atoms with E-state index in [4.69, 9.17) is 19.9 Å². The molecule has 4 heterocycles. The number of fused-ring (bicyclic) bond motifs is 10. The second-order valence-corrected chi connectivity index (χ2v) is 14.7. The molecule has 1 unspecified atom stereocenters. The van der Waals surface area contributed by atoms with Crippen LogP contribution in [0.5, 0.6) is 0 Å². The minimum absolute atomic E-state index is 0.236. The molecule has 0 aliphatic heterocycles. The third kappa shape index (κ3) is 4.85. The molecule has 7 heteroatoms. The molecular formula is C50H33N7. The number of hydrogen-bond acceptors (Lipinski definition) is 4. The maximum atomic E-state index is 5.50. The molecule has 1 atom stereocenters. The highest BCUT2D eigenvalue weighted by Crippen LogP contribution is 2.44. The van der Waals surface area contributed by atoms with Crippen molar-refractivity contribution in [3.05, 3.63) is 199 Å². The number of para-hydroxylation sites is 3. The fraction of sp³-hybridized carbons (Fsp3) is 0.0400. The second-order valence-electron chi connectivity index (χ2n) is 14.7. The number of nitrogens with zero attached hydrogens (tertiary/aromatic N) is 7. The monoisotopic (exact) mass is 731 g/mol. The van der Waals surface area contributed by atoms with E-state index in [0.29, 0.717) is 17.6 Å². The predicted molar refractivity (Wildman–Crippen MR) is 228 cm³/mol. The molecule has 12 rings (SSSR count). The minimum Gasteiger partial charge on any atom is -0.280 e. The van der Waals surface area contributed by atoms with Gasteiger partial charge in [-0.25, -0.2) is 9.97 Å². The lowest BCUT2D eigenvalue weighted by Crippen LogP contribution is -2.13. The van der Waals surface area contributed by atoms with Crippen LogP contribution in [0.15, 0.2) is 182 Å². The summed E-state index contributed by atoms with van der Waals surface area (Å²) in [7, 11) is 0. The van der Waals surface area contributed by atoms with E-state index >= 15 is 0 Å². The molecule has 7 aromatic carbocycles. The minimum atomic E-state index is 0.236. The van der Waals surface area contributed by atoms with Crippen LogP contribution < -0.4 is 0 Å². The van der Waals surface area contributed by atoms with Gasteiger partial charge in [-0.15, -0.1) is 0 Å². The Morgan fingerprint density at radius 1 is 0.456 bits per heavy atom. The standard InChI is InChI=1S/C50H33N7/c1-4-16-32(17-5-1)39-31-45-46(38-24-11-10-22-36(38)39)51-50-55(43-26-14-15-27-44(43)57(45)50)35-28-29-42-40(30-35)37-23-12-13-25-41(37)56(42)49-53-47(33-18-6-2-7-19-33)52-48(54-49)34-20-8-3-9-21-34/h1-30,39H,31H2. The number of rotatable bonds is 5. The molecular weight excluding hydrogens is 699 g/mol. The summed E-state index contributed by atoms with van der Waals surface area (Å²) in [5, 5.41) is 2.22.